The van der Waals surface area contributed by atoms with Crippen molar-refractivity contribution in [3.63, 3.8) is 0 Å². The Balaban J connectivity index is 1.51. The molecule has 1 aliphatic heterocycles. The van der Waals surface area contributed by atoms with Crippen LogP contribution in [0.5, 0.6) is 5.75 Å². The number of rotatable bonds is 6. The van der Waals surface area contributed by atoms with E-state index in [1.54, 1.807) is 0 Å². The lowest BCUT2D eigenvalue weighted by Crippen LogP contribution is -2.17. The SMILES string of the molecule is O=C1NC(=S)S/C1=C/c1cc2cc(OCc3ccccc3)ccc2n1Cc1ccc(Cl)cc1. The van der Waals surface area contributed by atoms with Gasteiger partial charge in [0.2, 0.25) is 0 Å². The molecule has 1 amide bonds. The number of fused-ring (bicyclic) bond motifs is 1. The number of aromatic nitrogens is 1. The molecule has 5 rings (SSSR count). The Bertz CT molecular complexity index is 1380. The number of thioether (sulfide) groups is 1. The van der Waals surface area contributed by atoms with Crippen LogP contribution in [0.2, 0.25) is 5.02 Å². The van der Waals surface area contributed by atoms with Gasteiger partial charge >= 0.3 is 0 Å². The number of nitrogens with zero attached hydrogens (tertiary/aromatic N) is 1. The van der Waals surface area contributed by atoms with E-state index in [1.807, 2.05) is 72.8 Å². The molecule has 1 N–H and O–H groups in total. The molecular formula is C26H19ClN2O2S2. The summed E-state index contributed by atoms with van der Waals surface area (Å²) in [5.41, 5.74) is 4.20. The van der Waals surface area contributed by atoms with Crippen LogP contribution in [0.25, 0.3) is 17.0 Å². The standard InChI is InChI=1S/C26H19ClN2O2S2/c27-20-8-6-17(7-9-20)15-29-21(14-24-25(30)28-26(32)33-24)12-19-13-22(10-11-23(19)29)31-16-18-4-2-1-3-5-18/h1-14H,15-16H2,(H,28,30,32)/b24-14+. The fourth-order valence-electron chi connectivity index (χ4n) is 3.72. The van der Waals surface area contributed by atoms with Crippen LogP contribution in [0.3, 0.4) is 0 Å². The van der Waals surface area contributed by atoms with Crippen LogP contribution in [0.4, 0.5) is 0 Å². The van der Waals surface area contributed by atoms with Gasteiger partial charge in [0.25, 0.3) is 5.91 Å². The molecular weight excluding hydrogens is 472 g/mol. The van der Waals surface area contributed by atoms with E-state index in [0.29, 0.717) is 27.4 Å². The zero-order valence-corrected chi connectivity index (χ0v) is 19.8. The summed E-state index contributed by atoms with van der Waals surface area (Å²) in [7, 11) is 0. The molecule has 0 radical (unpaired) electrons. The van der Waals surface area contributed by atoms with Crippen molar-refractivity contribution in [3.8, 4) is 5.75 Å². The minimum absolute atomic E-state index is 0.166. The molecule has 1 aromatic heterocycles. The largest absolute Gasteiger partial charge is 0.489 e. The zero-order chi connectivity index (χ0) is 22.8. The Morgan fingerprint density at radius 3 is 2.52 bits per heavy atom. The monoisotopic (exact) mass is 490 g/mol. The summed E-state index contributed by atoms with van der Waals surface area (Å²) >= 11 is 12.5. The van der Waals surface area contributed by atoms with Crippen molar-refractivity contribution in [1.29, 1.82) is 0 Å². The number of ether oxygens (including phenoxy) is 1. The number of hydrogen-bond donors (Lipinski definition) is 1. The van der Waals surface area contributed by atoms with E-state index in [1.165, 1.54) is 11.8 Å². The summed E-state index contributed by atoms with van der Waals surface area (Å²) < 4.78 is 8.68. The molecule has 0 saturated carbocycles. The maximum atomic E-state index is 12.3. The smallest absolute Gasteiger partial charge is 0.263 e. The van der Waals surface area contributed by atoms with Gasteiger partial charge in [0, 0.05) is 28.2 Å². The predicted octanol–water partition coefficient (Wildman–Crippen LogP) is 6.41. The number of carbonyl (C=O) groups is 1. The van der Waals surface area contributed by atoms with Crippen LogP contribution < -0.4 is 10.1 Å². The van der Waals surface area contributed by atoms with Crippen molar-refractivity contribution in [1.82, 2.24) is 9.88 Å². The maximum Gasteiger partial charge on any atom is 0.263 e. The first-order chi connectivity index (χ1) is 16.0. The van der Waals surface area contributed by atoms with E-state index < -0.39 is 0 Å². The number of halogens is 1. The summed E-state index contributed by atoms with van der Waals surface area (Å²) in [5, 5.41) is 4.42. The van der Waals surface area contributed by atoms with Crippen LogP contribution in [0, 0.1) is 0 Å². The van der Waals surface area contributed by atoms with Gasteiger partial charge in [0.1, 0.15) is 16.7 Å². The van der Waals surface area contributed by atoms with E-state index in [-0.39, 0.29) is 5.91 Å². The number of thiocarbonyl (C=S) groups is 1. The van der Waals surface area contributed by atoms with Crippen molar-refractivity contribution in [2.45, 2.75) is 13.2 Å². The molecule has 0 spiro atoms. The molecule has 2 heterocycles. The lowest BCUT2D eigenvalue weighted by atomic mass is 10.2. The van der Waals surface area contributed by atoms with Gasteiger partial charge < -0.3 is 14.6 Å². The average Bonchev–Trinajstić information content (AvgIpc) is 3.32. The third-order valence-electron chi connectivity index (χ3n) is 5.33. The van der Waals surface area contributed by atoms with Crippen molar-refractivity contribution < 1.29 is 9.53 Å². The van der Waals surface area contributed by atoms with Gasteiger partial charge in [-0.1, -0.05) is 78.0 Å². The van der Waals surface area contributed by atoms with E-state index in [0.717, 1.165) is 33.5 Å². The first kappa shape index (κ1) is 21.8. The summed E-state index contributed by atoms with van der Waals surface area (Å²) in [4.78, 5) is 12.8. The molecule has 33 heavy (non-hydrogen) atoms. The highest BCUT2D eigenvalue weighted by atomic mass is 35.5. The molecule has 0 bridgehead atoms. The number of amides is 1. The second-order valence-corrected chi connectivity index (χ2v) is 9.78. The van der Waals surface area contributed by atoms with Crippen LogP contribution >= 0.6 is 35.6 Å². The highest BCUT2D eigenvalue weighted by Gasteiger charge is 2.23. The second kappa shape index (κ2) is 9.43. The van der Waals surface area contributed by atoms with Gasteiger partial charge in [-0.25, -0.2) is 0 Å². The first-order valence-corrected chi connectivity index (χ1v) is 11.9. The molecule has 4 aromatic rings. The van der Waals surface area contributed by atoms with Crippen LogP contribution in [-0.2, 0) is 17.9 Å². The zero-order valence-electron chi connectivity index (χ0n) is 17.5. The van der Waals surface area contributed by atoms with Crippen LogP contribution in [0.1, 0.15) is 16.8 Å². The number of hydrogen-bond acceptors (Lipinski definition) is 4. The third kappa shape index (κ3) is 4.98. The number of carbonyl (C=O) groups excluding carboxylic acids is 1. The summed E-state index contributed by atoms with van der Waals surface area (Å²) in [6, 6.07) is 26.0. The van der Waals surface area contributed by atoms with Crippen molar-refractivity contribution in [2.75, 3.05) is 0 Å². The van der Waals surface area contributed by atoms with Crippen molar-refractivity contribution >= 4 is 62.8 Å². The molecule has 1 fully saturated rings. The molecule has 7 heteroatoms. The highest BCUT2D eigenvalue weighted by molar-refractivity contribution is 8.26. The molecule has 0 atom stereocenters. The molecule has 0 unspecified atom stereocenters. The van der Waals surface area contributed by atoms with Crippen molar-refractivity contribution in [3.05, 3.63) is 106 Å². The maximum absolute atomic E-state index is 12.3. The quantitative estimate of drug-likeness (QED) is 0.250. The fraction of sp³-hybridized carbons (Fsp3) is 0.0769. The number of nitrogens with one attached hydrogen (secondary N) is 1. The number of benzene rings is 3. The van der Waals surface area contributed by atoms with E-state index in [9.17, 15) is 4.79 Å². The molecule has 1 saturated heterocycles. The Hall–Kier alpha value is -3.06. The summed E-state index contributed by atoms with van der Waals surface area (Å²) in [5.74, 6) is 0.628. The summed E-state index contributed by atoms with van der Waals surface area (Å²) in [6.07, 6.45) is 1.89. The lowest BCUT2D eigenvalue weighted by molar-refractivity contribution is -0.115. The molecule has 164 valence electrons. The van der Waals surface area contributed by atoms with Crippen LogP contribution in [-0.4, -0.2) is 14.8 Å². The van der Waals surface area contributed by atoms with Gasteiger partial charge in [0.05, 0.1) is 4.91 Å². The summed E-state index contributed by atoms with van der Waals surface area (Å²) in [6.45, 7) is 1.14. The minimum atomic E-state index is -0.166. The van der Waals surface area contributed by atoms with E-state index in [2.05, 4.69) is 22.0 Å². The Kier molecular flexibility index (Phi) is 6.22. The third-order valence-corrected chi connectivity index (χ3v) is 6.74. The van der Waals surface area contributed by atoms with E-state index >= 15 is 0 Å². The Morgan fingerprint density at radius 1 is 1.00 bits per heavy atom. The Labute approximate surface area is 206 Å². The van der Waals surface area contributed by atoms with E-state index in [4.69, 9.17) is 28.6 Å². The molecule has 3 aromatic carbocycles. The fourth-order valence-corrected chi connectivity index (χ4v) is 4.88. The molecule has 0 aliphatic carbocycles. The second-order valence-electron chi connectivity index (χ2n) is 7.63. The van der Waals surface area contributed by atoms with Gasteiger partial charge in [0.15, 0.2) is 0 Å². The van der Waals surface area contributed by atoms with Gasteiger partial charge in [-0.2, -0.15) is 0 Å². The highest BCUT2D eigenvalue weighted by Crippen LogP contribution is 2.31. The van der Waals surface area contributed by atoms with Crippen molar-refractivity contribution in [2.24, 2.45) is 0 Å². The molecule has 4 nitrogen and oxygen atoms in total. The van der Waals surface area contributed by atoms with Gasteiger partial charge in [-0.15, -0.1) is 0 Å². The van der Waals surface area contributed by atoms with Gasteiger partial charge in [-0.3, -0.25) is 4.79 Å². The van der Waals surface area contributed by atoms with Crippen LogP contribution in [0.15, 0.2) is 83.8 Å². The first-order valence-electron chi connectivity index (χ1n) is 10.3. The topological polar surface area (TPSA) is 43.3 Å². The predicted molar refractivity (Wildman–Crippen MR) is 140 cm³/mol. The lowest BCUT2D eigenvalue weighted by Gasteiger charge is -2.11. The Morgan fingerprint density at radius 2 is 1.79 bits per heavy atom. The normalized spacial score (nSPS) is 14.8. The van der Waals surface area contributed by atoms with Gasteiger partial charge in [-0.05, 0) is 53.6 Å². The average molecular weight is 491 g/mol. The molecule has 1 aliphatic rings. The minimum Gasteiger partial charge on any atom is -0.489 e.